The maximum atomic E-state index is 5.34. The predicted molar refractivity (Wildman–Crippen MR) is 82.6 cm³/mol. The van der Waals surface area contributed by atoms with E-state index in [0.29, 0.717) is 6.04 Å². The summed E-state index contributed by atoms with van der Waals surface area (Å²) in [5.41, 5.74) is 2.62. The molecular formula is C17H24N2O. The molecule has 0 saturated carbocycles. The van der Waals surface area contributed by atoms with Gasteiger partial charge < -0.3 is 14.6 Å². The second-order valence-corrected chi connectivity index (χ2v) is 5.28. The summed E-state index contributed by atoms with van der Waals surface area (Å²) in [7, 11) is 4.18. The van der Waals surface area contributed by atoms with Gasteiger partial charge in [-0.15, -0.1) is 0 Å². The fraction of sp³-hybridized carbons (Fsp3) is 0.412. The predicted octanol–water partition coefficient (Wildman–Crippen LogP) is 3.37. The summed E-state index contributed by atoms with van der Waals surface area (Å²) in [5, 5.41) is 3.40. The number of nitrogens with one attached hydrogen (secondary N) is 1. The third-order valence-corrected chi connectivity index (χ3v) is 3.76. The first-order chi connectivity index (χ1) is 9.70. The summed E-state index contributed by atoms with van der Waals surface area (Å²) in [6.45, 7) is 4.00. The molecule has 1 N–H and O–H groups in total. The molecule has 1 atom stereocenters. The van der Waals surface area contributed by atoms with Gasteiger partial charge in [0.2, 0.25) is 0 Å². The van der Waals surface area contributed by atoms with E-state index in [1.54, 1.807) is 6.26 Å². The van der Waals surface area contributed by atoms with Crippen molar-refractivity contribution in [2.24, 2.45) is 0 Å². The highest BCUT2D eigenvalue weighted by Crippen LogP contribution is 2.17. The molecule has 1 aromatic heterocycles. The van der Waals surface area contributed by atoms with Crippen molar-refractivity contribution in [2.45, 2.75) is 25.9 Å². The van der Waals surface area contributed by atoms with E-state index in [2.05, 4.69) is 53.7 Å². The molecule has 0 bridgehead atoms. The Morgan fingerprint density at radius 2 is 1.95 bits per heavy atom. The minimum Gasteiger partial charge on any atom is -0.469 e. The summed E-state index contributed by atoms with van der Waals surface area (Å²) in [4.78, 5) is 2.34. The van der Waals surface area contributed by atoms with Crippen LogP contribution in [0.5, 0.6) is 0 Å². The standard InChI is InChI=1S/C17H24N2O/c1-14-16(10-12-20-14)13-19(3)11-9-17(18-2)15-7-5-4-6-8-15/h4-8,10,12,17-18H,9,11,13H2,1-3H3. The highest BCUT2D eigenvalue weighted by atomic mass is 16.3. The van der Waals surface area contributed by atoms with E-state index in [9.17, 15) is 0 Å². The van der Waals surface area contributed by atoms with Crippen LogP contribution < -0.4 is 5.32 Å². The van der Waals surface area contributed by atoms with Crippen molar-refractivity contribution >= 4 is 0 Å². The Kier molecular flexibility index (Phi) is 5.39. The Balaban J connectivity index is 1.86. The Bertz CT molecular complexity index is 507. The van der Waals surface area contributed by atoms with Crippen molar-refractivity contribution in [3.05, 3.63) is 59.5 Å². The van der Waals surface area contributed by atoms with E-state index >= 15 is 0 Å². The van der Waals surface area contributed by atoms with Gasteiger partial charge in [0.1, 0.15) is 5.76 Å². The van der Waals surface area contributed by atoms with Crippen LogP contribution in [-0.2, 0) is 6.54 Å². The van der Waals surface area contributed by atoms with Gasteiger partial charge in [-0.2, -0.15) is 0 Å². The average molecular weight is 272 g/mol. The molecule has 1 unspecified atom stereocenters. The molecule has 0 fully saturated rings. The first kappa shape index (κ1) is 14.8. The number of rotatable bonds is 7. The fourth-order valence-electron chi connectivity index (χ4n) is 2.46. The van der Waals surface area contributed by atoms with E-state index in [1.165, 1.54) is 11.1 Å². The Labute approximate surface area is 121 Å². The molecule has 0 amide bonds. The molecule has 1 aromatic carbocycles. The summed E-state index contributed by atoms with van der Waals surface area (Å²) < 4.78 is 5.34. The smallest absolute Gasteiger partial charge is 0.105 e. The molecule has 0 aliphatic carbocycles. The molecule has 2 aromatic rings. The Morgan fingerprint density at radius 1 is 1.20 bits per heavy atom. The molecule has 0 saturated heterocycles. The minimum absolute atomic E-state index is 0.407. The lowest BCUT2D eigenvalue weighted by Crippen LogP contribution is -2.25. The minimum atomic E-state index is 0.407. The van der Waals surface area contributed by atoms with Gasteiger partial charge in [-0.3, -0.25) is 0 Å². The fourth-order valence-corrected chi connectivity index (χ4v) is 2.46. The number of nitrogens with zero attached hydrogens (tertiary/aromatic N) is 1. The number of hydrogen-bond donors (Lipinski definition) is 1. The third kappa shape index (κ3) is 3.95. The maximum absolute atomic E-state index is 5.34. The van der Waals surface area contributed by atoms with Gasteiger partial charge in [0.15, 0.2) is 0 Å². The van der Waals surface area contributed by atoms with Crippen molar-refractivity contribution in [3.63, 3.8) is 0 Å². The zero-order chi connectivity index (χ0) is 14.4. The van der Waals surface area contributed by atoms with E-state index < -0.39 is 0 Å². The highest BCUT2D eigenvalue weighted by Gasteiger charge is 2.11. The summed E-state index contributed by atoms with van der Waals surface area (Å²) in [5.74, 6) is 1.02. The number of benzene rings is 1. The summed E-state index contributed by atoms with van der Waals surface area (Å²) in [6.07, 6.45) is 2.85. The van der Waals surface area contributed by atoms with Gasteiger partial charge in [-0.25, -0.2) is 0 Å². The van der Waals surface area contributed by atoms with E-state index in [0.717, 1.165) is 25.3 Å². The third-order valence-electron chi connectivity index (χ3n) is 3.76. The van der Waals surface area contributed by atoms with E-state index in [1.807, 2.05) is 14.0 Å². The molecule has 3 nitrogen and oxygen atoms in total. The first-order valence-corrected chi connectivity index (χ1v) is 7.14. The van der Waals surface area contributed by atoms with Crippen LogP contribution in [0.4, 0.5) is 0 Å². The first-order valence-electron chi connectivity index (χ1n) is 7.14. The van der Waals surface area contributed by atoms with Crippen molar-refractivity contribution in [1.29, 1.82) is 0 Å². The molecule has 2 rings (SSSR count). The van der Waals surface area contributed by atoms with Crippen molar-refractivity contribution in [3.8, 4) is 0 Å². The SMILES string of the molecule is CNC(CCN(C)Cc1ccoc1C)c1ccccc1. The normalized spacial score (nSPS) is 12.8. The number of furan rings is 1. The molecule has 0 aliphatic rings. The molecule has 108 valence electrons. The Morgan fingerprint density at radius 3 is 2.55 bits per heavy atom. The molecule has 0 aliphatic heterocycles. The lowest BCUT2D eigenvalue weighted by Gasteiger charge is -2.21. The molecule has 3 heteroatoms. The average Bonchev–Trinajstić information content (AvgIpc) is 2.86. The van der Waals surface area contributed by atoms with Crippen LogP contribution in [0.25, 0.3) is 0 Å². The second kappa shape index (κ2) is 7.27. The van der Waals surface area contributed by atoms with Gasteiger partial charge in [0.25, 0.3) is 0 Å². The van der Waals surface area contributed by atoms with Crippen LogP contribution in [0.1, 0.15) is 29.3 Å². The van der Waals surface area contributed by atoms with Gasteiger partial charge in [0.05, 0.1) is 6.26 Å². The maximum Gasteiger partial charge on any atom is 0.105 e. The molecule has 0 spiro atoms. The zero-order valence-electron chi connectivity index (χ0n) is 12.6. The van der Waals surface area contributed by atoms with Crippen LogP contribution in [-0.4, -0.2) is 25.5 Å². The van der Waals surface area contributed by atoms with Gasteiger partial charge in [-0.05, 0) is 45.6 Å². The van der Waals surface area contributed by atoms with Crippen LogP contribution in [0.15, 0.2) is 47.1 Å². The van der Waals surface area contributed by atoms with Gasteiger partial charge >= 0.3 is 0 Å². The molecule has 0 radical (unpaired) electrons. The largest absolute Gasteiger partial charge is 0.469 e. The molecule has 20 heavy (non-hydrogen) atoms. The van der Waals surface area contributed by atoms with Crippen molar-refractivity contribution in [1.82, 2.24) is 10.2 Å². The highest BCUT2D eigenvalue weighted by molar-refractivity contribution is 5.19. The number of hydrogen-bond acceptors (Lipinski definition) is 3. The van der Waals surface area contributed by atoms with E-state index in [-0.39, 0.29) is 0 Å². The quantitative estimate of drug-likeness (QED) is 0.837. The molecular weight excluding hydrogens is 248 g/mol. The van der Waals surface area contributed by atoms with Crippen molar-refractivity contribution < 1.29 is 4.42 Å². The Hall–Kier alpha value is -1.58. The second-order valence-electron chi connectivity index (χ2n) is 5.28. The van der Waals surface area contributed by atoms with Gasteiger partial charge in [-0.1, -0.05) is 30.3 Å². The van der Waals surface area contributed by atoms with Gasteiger partial charge in [0, 0.05) is 18.2 Å². The van der Waals surface area contributed by atoms with Crippen LogP contribution in [0.2, 0.25) is 0 Å². The molecule has 1 heterocycles. The van der Waals surface area contributed by atoms with E-state index in [4.69, 9.17) is 4.42 Å². The lowest BCUT2D eigenvalue weighted by atomic mass is 10.0. The van der Waals surface area contributed by atoms with Crippen molar-refractivity contribution in [2.75, 3.05) is 20.6 Å². The number of aryl methyl sites for hydroxylation is 1. The summed E-state index contributed by atoms with van der Waals surface area (Å²) >= 11 is 0. The van der Waals surface area contributed by atoms with Crippen LogP contribution in [0, 0.1) is 6.92 Å². The lowest BCUT2D eigenvalue weighted by molar-refractivity contribution is 0.302. The van der Waals surface area contributed by atoms with Crippen LogP contribution >= 0.6 is 0 Å². The van der Waals surface area contributed by atoms with Crippen LogP contribution in [0.3, 0.4) is 0 Å². The monoisotopic (exact) mass is 272 g/mol. The zero-order valence-corrected chi connectivity index (χ0v) is 12.6. The summed E-state index contributed by atoms with van der Waals surface area (Å²) in [6, 6.07) is 13.1. The topological polar surface area (TPSA) is 28.4 Å².